The van der Waals surface area contributed by atoms with Crippen molar-refractivity contribution in [2.45, 2.75) is 0 Å². The average Bonchev–Trinajstić information content (AvgIpc) is 2.91. The third-order valence-corrected chi connectivity index (χ3v) is 2.50. The predicted molar refractivity (Wildman–Crippen MR) is 62.2 cm³/mol. The maximum atomic E-state index is 11.9. The number of nitrogens with zero attached hydrogens (tertiary/aromatic N) is 3. The van der Waals surface area contributed by atoms with Gasteiger partial charge >= 0.3 is 0 Å². The van der Waals surface area contributed by atoms with E-state index in [9.17, 15) is 4.79 Å². The lowest BCUT2D eigenvalue weighted by atomic mass is 10.2. The average molecular weight is 244 g/mol. The summed E-state index contributed by atoms with van der Waals surface area (Å²) in [5, 5.41) is 13.7. The molecule has 7 heteroatoms. The summed E-state index contributed by atoms with van der Waals surface area (Å²) in [6.07, 6.45) is 0. The second kappa shape index (κ2) is 3.95. The highest BCUT2D eigenvalue weighted by atomic mass is 16.5. The predicted octanol–water partition coefficient (Wildman–Crippen LogP) is 0.982. The fourth-order valence-electron chi connectivity index (χ4n) is 1.64. The van der Waals surface area contributed by atoms with Crippen molar-refractivity contribution >= 4 is 11.0 Å². The van der Waals surface area contributed by atoms with Gasteiger partial charge in [0.1, 0.15) is 11.3 Å². The molecule has 90 valence electrons. The Morgan fingerprint density at radius 2 is 2.22 bits per heavy atom. The third-order valence-electron chi connectivity index (χ3n) is 2.50. The first-order valence-electron chi connectivity index (χ1n) is 5.13. The molecular weight excluding hydrogens is 236 g/mol. The molecule has 0 saturated carbocycles. The van der Waals surface area contributed by atoms with Gasteiger partial charge in [0.15, 0.2) is 11.2 Å². The molecule has 0 bridgehead atoms. The molecule has 0 radical (unpaired) electrons. The number of fused-ring (bicyclic) bond motifs is 1. The molecule has 18 heavy (non-hydrogen) atoms. The van der Waals surface area contributed by atoms with Gasteiger partial charge in [0.25, 0.3) is 0 Å². The maximum Gasteiger partial charge on any atom is 0.239 e. The van der Waals surface area contributed by atoms with Crippen LogP contribution < -0.4 is 10.2 Å². The summed E-state index contributed by atoms with van der Waals surface area (Å²) in [6.45, 7) is 0. The number of ether oxygens (including phenoxy) is 1. The number of nitrogens with one attached hydrogen (secondary N) is 1. The summed E-state index contributed by atoms with van der Waals surface area (Å²) in [5.41, 5.74) is 0.250. The molecule has 0 aliphatic heterocycles. The molecule has 7 nitrogen and oxygen atoms in total. The van der Waals surface area contributed by atoms with E-state index < -0.39 is 0 Å². The van der Waals surface area contributed by atoms with Gasteiger partial charge in [0.05, 0.1) is 12.5 Å². The largest absolute Gasteiger partial charge is 0.497 e. The van der Waals surface area contributed by atoms with Gasteiger partial charge in [-0.25, -0.2) is 0 Å². The van der Waals surface area contributed by atoms with Crippen LogP contribution in [0.15, 0.2) is 33.5 Å². The molecular formula is C11H8N4O3. The highest BCUT2D eigenvalue weighted by Gasteiger charge is 2.10. The summed E-state index contributed by atoms with van der Waals surface area (Å²) >= 11 is 0. The highest BCUT2D eigenvalue weighted by molar-refractivity contribution is 5.79. The second-order valence-corrected chi connectivity index (χ2v) is 3.57. The van der Waals surface area contributed by atoms with Gasteiger partial charge in [-0.2, -0.15) is 5.21 Å². The summed E-state index contributed by atoms with van der Waals surface area (Å²) in [7, 11) is 1.54. The highest BCUT2D eigenvalue weighted by Crippen LogP contribution is 2.22. The summed E-state index contributed by atoms with van der Waals surface area (Å²) in [5.74, 6) is 1.10. The van der Waals surface area contributed by atoms with Crippen molar-refractivity contribution in [1.82, 2.24) is 20.6 Å². The van der Waals surface area contributed by atoms with Crippen molar-refractivity contribution in [2.24, 2.45) is 0 Å². The van der Waals surface area contributed by atoms with Crippen molar-refractivity contribution in [2.75, 3.05) is 7.11 Å². The van der Waals surface area contributed by atoms with Gasteiger partial charge in [-0.05, 0) is 17.3 Å². The second-order valence-electron chi connectivity index (χ2n) is 3.57. The number of benzene rings is 1. The molecule has 2 aromatic heterocycles. The number of rotatable bonds is 2. The minimum absolute atomic E-state index is 0.168. The standard InChI is InChI=1S/C11H8N4O3/c1-17-6-2-3-7-8(16)5-10(18-9(7)4-6)11-12-14-15-13-11/h2-5H,1H3,(H,12,13,14,15). The van der Waals surface area contributed by atoms with Crippen LogP contribution in [0.3, 0.4) is 0 Å². The van der Waals surface area contributed by atoms with Crippen LogP contribution in [-0.2, 0) is 0 Å². The number of methoxy groups -OCH3 is 1. The Labute approximate surface area is 100 Å². The SMILES string of the molecule is COc1ccc2c(=O)cc(-c3nn[nH]n3)oc2c1. The van der Waals surface area contributed by atoms with Crippen molar-refractivity contribution in [3.05, 3.63) is 34.5 Å². The monoisotopic (exact) mass is 244 g/mol. The molecule has 0 aliphatic carbocycles. The third kappa shape index (κ3) is 1.61. The number of aromatic nitrogens is 4. The Bertz CT molecular complexity index is 749. The minimum Gasteiger partial charge on any atom is -0.497 e. The van der Waals surface area contributed by atoms with Crippen LogP contribution in [0.5, 0.6) is 5.75 Å². The van der Waals surface area contributed by atoms with Crippen molar-refractivity contribution in [3.8, 4) is 17.3 Å². The number of tetrazole rings is 1. The molecule has 2 heterocycles. The number of aromatic amines is 1. The van der Waals surface area contributed by atoms with E-state index in [4.69, 9.17) is 9.15 Å². The number of H-pyrrole nitrogens is 1. The van der Waals surface area contributed by atoms with E-state index in [0.717, 1.165) is 0 Å². The maximum absolute atomic E-state index is 11.9. The van der Waals surface area contributed by atoms with Crippen molar-refractivity contribution in [3.63, 3.8) is 0 Å². The van der Waals surface area contributed by atoms with Gasteiger partial charge in [-0.1, -0.05) is 0 Å². The zero-order chi connectivity index (χ0) is 12.5. The molecule has 1 N–H and O–H groups in total. The molecule has 0 atom stereocenters. The summed E-state index contributed by atoms with van der Waals surface area (Å²) in [6, 6.07) is 6.33. The Balaban J connectivity index is 2.28. The van der Waals surface area contributed by atoms with Gasteiger partial charge < -0.3 is 9.15 Å². The molecule has 0 saturated heterocycles. The van der Waals surface area contributed by atoms with Crippen LogP contribution in [0.4, 0.5) is 0 Å². The van der Waals surface area contributed by atoms with Crippen LogP contribution in [0, 0.1) is 0 Å². The molecule has 0 spiro atoms. The molecule has 0 aliphatic rings. The molecule has 1 aromatic carbocycles. The molecule has 0 unspecified atom stereocenters. The quantitative estimate of drug-likeness (QED) is 0.722. The Morgan fingerprint density at radius 3 is 2.94 bits per heavy atom. The van der Waals surface area contributed by atoms with Gasteiger partial charge in [0, 0.05) is 12.1 Å². The fraction of sp³-hybridized carbons (Fsp3) is 0.0909. The smallest absolute Gasteiger partial charge is 0.239 e. The van der Waals surface area contributed by atoms with Crippen LogP contribution in [0.25, 0.3) is 22.6 Å². The lowest BCUT2D eigenvalue weighted by Gasteiger charge is -2.02. The van der Waals surface area contributed by atoms with Crippen LogP contribution in [0.2, 0.25) is 0 Å². The molecule has 3 aromatic rings. The van der Waals surface area contributed by atoms with Crippen LogP contribution in [-0.4, -0.2) is 27.7 Å². The number of hydrogen-bond acceptors (Lipinski definition) is 6. The fourth-order valence-corrected chi connectivity index (χ4v) is 1.64. The van der Waals surface area contributed by atoms with E-state index in [1.807, 2.05) is 0 Å². The van der Waals surface area contributed by atoms with E-state index in [1.54, 1.807) is 25.3 Å². The van der Waals surface area contributed by atoms with Crippen LogP contribution in [0.1, 0.15) is 0 Å². The van der Waals surface area contributed by atoms with E-state index in [-0.39, 0.29) is 17.0 Å². The first kappa shape index (κ1) is 10.5. The Morgan fingerprint density at radius 1 is 1.33 bits per heavy atom. The first-order valence-corrected chi connectivity index (χ1v) is 5.13. The topological polar surface area (TPSA) is 93.9 Å². The zero-order valence-electron chi connectivity index (χ0n) is 9.38. The van der Waals surface area contributed by atoms with E-state index in [2.05, 4.69) is 20.6 Å². The van der Waals surface area contributed by atoms with Crippen LogP contribution >= 0.6 is 0 Å². The molecule has 3 rings (SSSR count). The van der Waals surface area contributed by atoms with Gasteiger partial charge in [0.2, 0.25) is 5.82 Å². The minimum atomic E-state index is -0.168. The van der Waals surface area contributed by atoms with Gasteiger partial charge in [-0.15, -0.1) is 10.2 Å². The van der Waals surface area contributed by atoms with E-state index in [0.29, 0.717) is 16.7 Å². The summed E-state index contributed by atoms with van der Waals surface area (Å²) < 4.78 is 10.6. The summed E-state index contributed by atoms with van der Waals surface area (Å²) in [4.78, 5) is 11.9. The number of hydrogen-bond donors (Lipinski definition) is 1. The van der Waals surface area contributed by atoms with Crippen molar-refractivity contribution in [1.29, 1.82) is 0 Å². The molecule has 0 fully saturated rings. The zero-order valence-corrected chi connectivity index (χ0v) is 9.38. The normalized spacial score (nSPS) is 10.7. The van der Waals surface area contributed by atoms with Crippen molar-refractivity contribution < 1.29 is 9.15 Å². The molecule has 0 amide bonds. The Kier molecular flexibility index (Phi) is 2.30. The van der Waals surface area contributed by atoms with E-state index in [1.165, 1.54) is 6.07 Å². The Hall–Kier alpha value is -2.70. The first-order chi connectivity index (χ1) is 8.78. The lowest BCUT2D eigenvalue weighted by Crippen LogP contribution is -2.01. The van der Waals surface area contributed by atoms with Gasteiger partial charge in [-0.3, -0.25) is 4.79 Å². The van der Waals surface area contributed by atoms with E-state index >= 15 is 0 Å². The lowest BCUT2D eigenvalue weighted by molar-refractivity contribution is 0.414.